The van der Waals surface area contributed by atoms with Gasteiger partial charge in [0.15, 0.2) is 6.23 Å². The second kappa shape index (κ2) is 10.8. The van der Waals surface area contributed by atoms with Gasteiger partial charge in [0.2, 0.25) is 0 Å². The van der Waals surface area contributed by atoms with Gasteiger partial charge < -0.3 is 13.9 Å². The van der Waals surface area contributed by atoms with Gasteiger partial charge in [-0.3, -0.25) is 0 Å². The fourth-order valence-corrected chi connectivity index (χ4v) is 9.12. The number of ether oxygens (including phenoxy) is 2. The molecule has 1 aliphatic rings. The molecular weight excluding hydrogens is 444 g/mol. The lowest BCUT2D eigenvalue weighted by molar-refractivity contribution is -0.113. The van der Waals surface area contributed by atoms with Crippen LogP contribution in [0.5, 0.6) is 0 Å². The smallest absolute Gasteiger partial charge is 0.270 e. The Kier molecular flexibility index (Phi) is 8.26. The molecule has 178 valence electrons. The minimum absolute atomic E-state index is 0.175. The van der Waals surface area contributed by atoms with Gasteiger partial charge in [-0.25, -0.2) is 8.78 Å². The minimum Gasteiger partial charge on any atom is -0.405 e. The van der Waals surface area contributed by atoms with Gasteiger partial charge in [0.1, 0.15) is 6.10 Å². The third-order valence-corrected chi connectivity index (χ3v) is 11.0. The number of benzene rings is 2. The van der Waals surface area contributed by atoms with E-state index in [-0.39, 0.29) is 17.7 Å². The summed E-state index contributed by atoms with van der Waals surface area (Å²) in [4.78, 5) is 2.50. The van der Waals surface area contributed by atoms with Crippen LogP contribution >= 0.6 is 0 Å². The zero-order chi connectivity index (χ0) is 24.1. The van der Waals surface area contributed by atoms with Gasteiger partial charge in [0.25, 0.3) is 14.7 Å². The van der Waals surface area contributed by atoms with Crippen molar-refractivity contribution in [2.24, 2.45) is 5.11 Å². The first kappa shape index (κ1) is 25.3. The first-order valence-corrected chi connectivity index (χ1v) is 13.0. The molecular formula is C24H31F2N3O3Si. The molecule has 0 N–H and O–H groups in total. The Balaban J connectivity index is 1.94. The Hall–Kier alpha value is -2.29. The number of nitrogens with zero attached hydrogens (tertiary/aromatic N) is 3. The van der Waals surface area contributed by atoms with Crippen LogP contribution in [0.4, 0.5) is 8.78 Å². The predicted octanol–water partition coefficient (Wildman–Crippen LogP) is 5.03. The molecule has 33 heavy (non-hydrogen) atoms. The molecule has 0 spiro atoms. The normalized spacial score (nSPS) is 22.2. The number of rotatable bonds is 9. The molecule has 0 saturated carbocycles. The molecule has 0 aromatic heterocycles. The summed E-state index contributed by atoms with van der Waals surface area (Å²) >= 11 is 0. The van der Waals surface area contributed by atoms with E-state index in [1.807, 2.05) is 43.3 Å². The largest absolute Gasteiger partial charge is 0.405 e. The zero-order valence-corrected chi connectivity index (χ0v) is 20.4. The van der Waals surface area contributed by atoms with Gasteiger partial charge in [0.05, 0.1) is 18.8 Å². The van der Waals surface area contributed by atoms with Crippen LogP contribution in [-0.4, -0.2) is 45.9 Å². The number of hydrogen-bond acceptors (Lipinski definition) is 4. The Bertz CT molecular complexity index is 897. The van der Waals surface area contributed by atoms with Crippen molar-refractivity contribution < 1.29 is 22.7 Å². The summed E-state index contributed by atoms with van der Waals surface area (Å²) < 4.78 is 44.9. The van der Waals surface area contributed by atoms with Crippen molar-refractivity contribution in [2.75, 3.05) is 6.61 Å². The maximum absolute atomic E-state index is 13.3. The number of azide groups is 1. The molecule has 0 bridgehead atoms. The highest BCUT2D eigenvalue weighted by molar-refractivity contribution is 6.99. The van der Waals surface area contributed by atoms with Crippen molar-refractivity contribution in [3.05, 3.63) is 71.1 Å². The lowest BCUT2D eigenvalue weighted by Crippen LogP contribution is -2.67. The van der Waals surface area contributed by atoms with E-state index in [1.54, 1.807) is 0 Å². The third-order valence-electron chi connectivity index (χ3n) is 5.96. The molecule has 0 radical (unpaired) electrons. The fourth-order valence-electron chi connectivity index (χ4n) is 4.55. The summed E-state index contributed by atoms with van der Waals surface area (Å²) in [5, 5.41) is 5.12. The first-order chi connectivity index (χ1) is 15.7. The van der Waals surface area contributed by atoms with Crippen LogP contribution in [0.2, 0.25) is 5.04 Å². The topological polar surface area (TPSA) is 76.5 Å². The van der Waals surface area contributed by atoms with E-state index in [0.717, 1.165) is 10.4 Å². The molecule has 0 amide bonds. The second-order valence-corrected chi connectivity index (χ2v) is 13.6. The van der Waals surface area contributed by atoms with E-state index in [4.69, 9.17) is 19.4 Å². The van der Waals surface area contributed by atoms with Gasteiger partial charge in [-0.1, -0.05) is 86.5 Å². The van der Waals surface area contributed by atoms with E-state index in [2.05, 4.69) is 55.1 Å². The van der Waals surface area contributed by atoms with Gasteiger partial charge in [0, 0.05) is 11.3 Å². The SMILES string of the molecule is C[C@H]1CC(OC(N=[N+]=[N-])C(F)F)[C@@H](CO[Si](c2ccccc2)(c2ccccc2)C(C)(C)C)O1. The molecule has 2 aromatic rings. The van der Waals surface area contributed by atoms with Crippen LogP contribution in [0.3, 0.4) is 0 Å². The standard InChI is InChI=1S/C24H31F2N3O3Si/c1-17-15-20(32-23(22(25)26)28-29-27)21(31-17)16-30-33(24(2,3)4,18-11-7-5-8-12-18)19-13-9-6-10-14-19/h5-14,17,20-23H,15-16H2,1-4H3/t17-,20?,21+,23?/m0/s1. The zero-order valence-electron chi connectivity index (χ0n) is 19.4. The van der Waals surface area contributed by atoms with Crippen molar-refractivity contribution in [1.82, 2.24) is 0 Å². The van der Waals surface area contributed by atoms with E-state index >= 15 is 0 Å². The highest BCUT2D eigenvalue weighted by Gasteiger charge is 2.51. The van der Waals surface area contributed by atoms with E-state index in [0.29, 0.717) is 6.42 Å². The molecule has 4 atom stereocenters. The van der Waals surface area contributed by atoms with E-state index in [1.165, 1.54) is 0 Å². The third kappa shape index (κ3) is 5.62. The van der Waals surface area contributed by atoms with Crippen LogP contribution in [0.15, 0.2) is 65.8 Å². The Morgan fingerprint density at radius 1 is 1.09 bits per heavy atom. The van der Waals surface area contributed by atoms with Crippen molar-refractivity contribution in [3.63, 3.8) is 0 Å². The fraction of sp³-hybridized carbons (Fsp3) is 0.500. The average Bonchev–Trinajstić information content (AvgIpc) is 3.13. The molecule has 9 heteroatoms. The Morgan fingerprint density at radius 2 is 1.64 bits per heavy atom. The summed E-state index contributed by atoms with van der Waals surface area (Å²) in [5.41, 5.74) is 8.62. The molecule has 1 heterocycles. The molecule has 1 fully saturated rings. The lowest BCUT2D eigenvalue weighted by Gasteiger charge is -2.43. The number of halogens is 2. The summed E-state index contributed by atoms with van der Waals surface area (Å²) in [6.07, 6.45) is -5.77. The Morgan fingerprint density at radius 3 is 2.09 bits per heavy atom. The summed E-state index contributed by atoms with van der Waals surface area (Å²) in [6.45, 7) is 8.54. The van der Waals surface area contributed by atoms with Gasteiger partial charge in [-0.15, -0.1) is 0 Å². The monoisotopic (exact) mass is 475 g/mol. The average molecular weight is 476 g/mol. The Labute approximate surface area is 194 Å². The van der Waals surface area contributed by atoms with E-state index < -0.39 is 33.2 Å². The number of alkyl halides is 2. The molecule has 1 saturated heterocycles. The second-order valence-electron chi connectivity index (χ2n) is 9.30. The van der Waals surface area contributed by atoms with Crippen molar-refractivity contribution in [1.29, 1.82) is 0 Å². The molecule has 0 aliphatic carbocycles. The highest BCUT2D eigenvalue weighted by Crippen LogP contribution is 2.37. The summed E-state index contributed by atoms with van der Waals surface area (Å²) in [5.74, 6) is 0. The maximum Gasteiger partial charge on any atom is 0.270 e. The van der Waals surface area contributed by atoms with Gasteiger partial charge in [-0.05, 0) is 27.9 Å². The van der Waals surface area contributed by atoms with E-state index in [9.17, 15) is 8.78 Å². The lowest BCUT2D eigenvalue weighted by atomic mass is 10.1. The first-order valence-electron chi connectivity index (χ1n) is 11.1. The highest BCUT2D eigenvalue weighted by atomic mass is 28.4. The molecule has 6 nitrogen and oxygen atoms in total. The van der Waals surface area contributed by atoms with Crippen LogP contribution in [0.25, 0.3) is 10.4 Å². The van der Waals surface area contributed by atoms with Crippen LogP contribution < -0.4 is 10.4 Å². The predicted molar refractivity (Wildman–Crippen MR) is 126 cm³/mol. The minimum atomic E-state index is -2.92. The summed E-state index contributed by atoms with van der Waals surface area (Å²) in [7, 11) is -2.81. The molecule has 2 aromatic carbocycles. The van der Waals surface area contributed by atoms with Gasteiger partial charge in [-0.2, -0.15) is 0 Å². The number of hydrogen-bond donors (Lipinski definition) is 0. The maximum atomic E-state index is 13.3. The van der Waals surface area contributed by atoms with Crippen LogP contribution in [0.1, 0.15) is 34.1 Å². The van der Waals surface area contributed by atoms with Crippen molar-refractivity contribution in [2.45, 2.75) is 70.1 Å². The quantitative estimate of drug-likeness (QED) is 0.221. The molecule has 2 unspecified atom stereocenters. The summed E-state index contributed by atoms with van der Waals surface area (Å²) in [6, 6.07) is 20.3. The van der Waals surface area contributed by atoms with Crippen LogP contribution in [0, 0.1) is 0 Å². The van der Waals surface area contributed by atoms with Crippen LogP contribution in [-0.2, 0) is 13.9 Å². The van der Waals surface area contributed by atoms with Gasteiger partial charge >= 0.3 is 0 Å². The molecule has 3 rings (SSSR count). The molecule has 1 aliphatic heterocycles. The van der Waals surface area contributed by atoms with Crippen molar-refractivity contribution in [3.8, 4) is 0 Å². The van der Waals surface area contributed by atoms with Crippen molar-refractivity contribution >= 4 is 18.7 Å².